The average Bonchev–Trinajstić information content (AvgIpc) is 2.04. The lowest BCUT2D eigenvalue weighted by Crippen LogP contribution is -2.38. The fourth-order valence-corrected chi connectivity index (χ4v) is 1.41. The molecule has 0 aromatic carbocycles. The molecule has 1 fully saturated rings. The summed E-state index contributed by atoms with van der Waals surface area (Å²) in [6, 6.07) is 0. The number of hydrogen-bond donors (Lipinski definition) is 0. The normalized spacial score (nSPS) is 39.0. The molecule has 66 valence electrons. The van der Waals surface area contributed by atoms with Gasteiger partial charge in [0.2, 0.25) is 0 Å². The summed E-state index contributed by atoms with van der Waals surface area (Å²) >= 11 is 0. The number of rotatable bonds is 2. The minimum Gasteiger partial charge on any atom is -0.379 e. The molecule has 0 spiro atoms. The molecule has 0 aromatic heterocycles. The molecule has 1 heterocycles. The lowest BCUT2D eigenvalue weighted by molar-refractivity contribution is -0.210. The molecule has 0 aromatic rings. The molecule has 0 radical (unpaired) electrons. The second-order valence-electron chi connectivity index (χ2n) is 2.86. The largest absolute Gasteiger partial charge is 0.379 e. The summed E-state index contributed by atoms with van der Waals surface area (Å²) < 4.78 is 15.8. The summed E-state index contributed by atoms with van der Waals surface area (Å²) in [5.41, 5.74) is 0. The van der Waals surface area contributed by atoms with Crippen LogP contribution in [0.25, 0.3) is 0 Å². The van der Waals surface area contributed by atoms with Gasteiger partial charge in [0.25, 0.3) is 0 Å². The second kappa shape index (κ2) is 4.04. The van der Waals surface area contributed by atoms with E-state index >= 15 is 0 Å². The van der Waals surface area contributed by atoms with E-state index in [4.69, 9.17) is 14.2 Å². The van der Waals surface area contributed by atoms with Crippen molar-refractivity contribution in [1.29, 1.82) is 0 Å². The summed E-state index contributed by atoms with van der Waals surface area (Å²) in [7, 11) is 3.39. The van der Waals surface area contributed by atoms with Gasteiger partial charge in [0.05, 0.1) is 12.2 Å². The number of methoxy groups -OCH3 is 2. The van der Waals surface area contributed by atoms with Crippen molar-refractivity contribution >= 4 is 0 Å². The summed E-state index contributed by atoms with van der Waals surface area (Å²) in [5.74, 6) is 0. The van der Waals surface area contributed by atoms with E-state index in [0.29, 0.717) is 0 Å². The zero-order valence-corrected chi connectivity index (χ0v) is 7.37. The summed E-state index contributed by atoms with van der Waals surface area (Å²) in [6.45, 7) is 2.01. The monoisotopic (exact) mass is 160 g/mol. The van der Waals surface area contributed by atoms with Crippen LogP contribution in [0, 0.1) is 0 Å². The highest BCUT2D eigenvalue weighted by atomic mass is 16.7. The van der Waals surface area contributed by atoms with E-state index in [-0.39, 0.29) is 18.5 Å². The molecule has 3 nitrogen and oxygen atoms in total. The third kappa shape index (κ3) is 2.15. The van der Waals surface area contributed by atoms with Crippen LogP contribution in [-0.2, 0) is 14.2 Å². The Morgan fingerprint density at radius 2 is 1.91 bits per heavy atom. The van der Waals surface area contributed by atoms with Crippen LogP contribution in [0.2, 0.25) is 0 Å². The smallest absolute Gasteiger partial charge is 0.157 e. The molecular formula is C8H16O3. The first-order valence-corrected chi connectivity index (χ1v) is 3.99. The van der Waals surface area contributed by atoms with Gasteiger partial charge in [-0.2, -0.15) is 0 Å². The average molecular weight is 160 g/mol. The van der Waals surface area contributed by atoms with Crippen molar-refractivity contribution in [3.8, 4) is 0 Å². The second-order valence-corrected chi connectivity index (χ2v) is 2.86. The zero-order valence-electron chi connectivity index (χ0n) is 7.37. The Morgan fingerprint density at radius 1 is 1.18 bits per heavy atom. The van der Waals surface area contributed by atoms with E-state index in [9.17, 15) is 0 Å². The first kappa shape index (κ1) is 8.97. The summed E-state index contributed by atoms with van der Waals surface area (Å²) in [4.78, 5) is 0. The van der Waals surface area contributed by atoms with Crippen LogP contribution < -0.4 is 0 Å². The van der Waals surface area contributed by atoms with Gasteiger partial charge in [0.15, 0.2) is 6.29 Å². The molecular weight excluding hydrogens is 144 g/mol. The van der Waals surface area contributed by atoms with Crippen molar-refractivity contribution in [2.75, 3.05) is 14.2 Å². The predicted molar refractivity (Wildman–Crippen MR) is 41.4 cm³/mol. The molecule has 1 aliphatic heterocycles. The topological polar surface area (TPSA) is 27.7 Å². The maximum atomic E-state index is 5.49. The van der Waals surface area contributed by atoms with Crippen LogP contribution in [-0.4, -0.2) is 32.7 Å². The third-order valence-electron chi connectivity index (χ3n) is 2.14. The standard InChI is InChI=1S/C8H16O3/c1-6-7(9-2)4-5-8(10-3)11-6/h6-8H,4-5H2,1-3H3. The Labute approximate surface area is 67.6 Å². The highest BCUT2D eigenvalue weighted by Gasteiger charge is 2.27. The van der Waals surface area contributed by atoms with Crippen molar-refractivity contribution in [2.24, 2.45) is 0 Å². The molecule has 1 aliphatic rings. The van der Waals surface area contributed by atoms with Crippen molar-refractivity contribution in [1.82, 2.24) is 0 Å². The Bertz CT molecular complexity index is 116. The third-order valence-corrected chi connectivity index (χ3v) is 2.14. The van der Waals surface area contributed by atoms with Crippen molar-refractivity contribution < 1.29 is 14.2 Å². The molecule has 0 N–H and O–H groups in total. The fourth-order valence-electron chi connectivity index (χ4n) is 1.41. The van der Waals surface area contributed by atoms with Gasteiger partial charge >= 0.3 is 0 Å². The van der Waals surface area contributed by atoms with Gasteiger partial charge in [0.1, 0.15) is 0 Å². The van der Waals surface area contributed by atoms with Gasteiger partial charge in [-0.15, -0.1) is 0 Å². The molecule has 0 bridgehead atoms. The maximum Gasteiger partial charge on any atom is 0.157 e. The van der Waals surface area contributed by atoms with Crippen LogP contribution >= 0.6 is 0 Å². The van der Waals surface area contributed by atoms with E-state index in [1.807, 2.05) is 6.92 Å². The summed E-state index contributed by atoms with van der Waals surface area (Å²) in [5, 5.41) is 0. The van der Waals surface area contributed by atoms with Crippen LogP contribution in [0.3, 0.4) is 0 Å². The molecule has 3 unspecified atom stereocenters. The van der Waals surface area contributed by atoms with Gasteiger partial charge in [0, 0.05) is 20.6 Å². The van der Waals surface area contributed by atoms with Gasteiger partial charge < -0.3 is 14.2 Å². The van der Waals surface area contributed by atoms with E-state index in [1.54, 1.807) is 14.2 Å². The molecule has 3 heteroatoms. The molecule has 0 saturated carbocycles. The molecule has 11 heavy (non-hydrogen) atoms. The maximum absolute atomic E-state index is 5.49. The van der Waals surface area contributed by atoms with Gasteiger partial charge in [-0.3, -0.25) is 0 Å². The van der Waals surface area contributed by atoms with Crippen LogP contribution in [0.1, 0.15) is 19.8 Å². The first-order valence-electron chi connectivity index (χ1n) is 3.99. The highest BCUT2D eigenvalue weighted by molar-refractivity contribution is 4.72. The van der Waals surface area contributed by atoms with E-state index in [0.717, 1.165) is 12.8 Å². The quantitative estimate of drug-likeness (QED) is 0.607. The Morgan fingerprint density at radius 3 is 2.36 bits per heavy atom. The zero-order chi connectivity index (χ0) is 8.27. The predicted octanol–water partition coefficient (Wildman–Crippen LogP) is 1.17. The molecule has 3 atom stereocenters. The minimum absolute atomic E-state index is 0.0311. The first-order chi connectivity index (χ1) is 5.27. The van der Waals surface area contributed by atoms with Gasteiger partial charge in [-0.1, -0.05) is 0 Å². The highest BCUT2D eigenvalue weighted by Crippen LogP contribution is 2.21. The summed E-state index contributed by atoms with van der Waals surface area (Å²) in [6.07, 6.45) is 2.31. The van der Waals surface area contributed by atoms with Crippen LogP contribution in [0.5, 0.6) is 0 Å². The fraction of sp³-hybridized carbons (Fsp3) is 1.00. The van der Waals surface area contributed by atoms with E-state index in [2.05, 4.69) is 0 Å². The van der Waals surface area contributed by atoms with Crippen molar-refractivity contribution in [3.63, 3.8) is 0 Å². The Hall–Kier alpha value is -0.120. The molecule has 1 saturated heterocycles. The van der Waals surface area contributed by atoms with Gasteiger partial charge in [-0.05, 0) is 13.3 Å². The van der Waals surface area contributed by atoms with E-state index in [1.165, 1.54) is 0 Å². The van der Waals surface area contributed by atoms with Crippen molar-refractivity contribution in [3.05, 3.63) is 0 Å². The number of ether oxygens (including phenoxy) is 3. The molecule has 0 aliphatic carbocycles. The van der Waals surface area contributed by atoms with E-state index < -0.39 is 0 Å². The lowest BCUT2D eigenvalue weighted by Gasteiger charge is -2.32. The van der Waals surface area contributed by atoms with Crippen molar-refractivity contribution in [2.45, 2.75) is 38.3 Å². The molecule has 1 rings (SSSR count). The van der Waals surface area contributed by atoms with Gasteiger partial charge in [-0.25, -0.2) is 0 Å². The van der Waals surface area contributed by atoms with Crippen LogP contribution in [0.4, 0.5) is 0 Å². The Balaban J connectivity index is 2.34. The SMILES string of the molecule is COC1CCC(OC)C(C)O1. The minimum atomic E-state index is -0.0311. The lowest BCUT2D eigenvalue weighted by atomic mass is 10.1. The van der Waals surface area contributed by atoms with Crippen LogP contribution in [0.15, 0.2) is 0 Å². The number of hydrogen-bond acceptors (Lipinski definition) is 3. The molecule has 0 amide bonds. The Kier molecular flexibility index (Phi) is 3.30.